The summed E-state index contributed by atoms with van der Waals surface area (Å²) in [6.07, 6.45) is 0. The Hall–Kier alpha value is -1.49. The fourth-order valence-electron chi connectivity index (χ4n) is 1.06. The summed E-state index contributed by atoms with van der Waals surface area (Å²) in [5.41, 5.74) is 0.595. The first-order valence-electron chi connectivity index (χ1n) is 4.48. The van der Waals surface area contributed by atoms with Gasteiger partial charge in [-0.1, -0.05) is 6.07 Å². The van der Waals surface area contributed by atoms with Crippen LogP contribution in [0.3, 0.4) is 0 Å². The van der Waals surface area contributed by atoms with Crippen molar-refractivity contribution in [3.63, 3.8) is 0 Å². The molecule has 0 fully saturated rings. The summed E-state index contributed by atoms with van der Waals surface area (Å²) in [5.74, 6) is -1.91. The summed E-state index contributed by atoms with van der Waals surface area (Å²) in [6.45, 7) is 0.472. The van der Waals surface area contributed by atoms with Crippen LogP contribution in [0.5, 0.6) is 0 Å². The molecular weight excluding hydrogens is 202 g/mol. The zero-order valence-electron chi connectivity index (χ0n) is 8.31. The molecule has 0 radical (unpaired) electrons. The van der Waals surface area contributed by atoms with Crippen LogP contribution in [-0.4, -0.2) is 19.5 Å². The molecule has 0 spiro atoms. The van der Waals surface area contributed by atoms with Crippen molar-refractivity contribution in [1.82, 2.24) is 10.6 Å². The van der Waals surface area contributed by atoms with Gasteiger partial charge in [0, 0.05) is 13.6 Å². The summed E-state index contributed by atoms with van der Waals surface area (Å²) in [4.78, 5) is 10.8. The van der Waals surface area contributed by atoms with E-state index in [4.69, 9.17) is 0 Å². The smallest absolute Gasteiger partial charge is 0.233 e. The highest BCUT2D eigenvalue weighted by Crippen LogP contribution is 2.07. The molecule has 1 amide bonds. The Kier molecular flexibility index (Phi) is 4.17. The molecule has 1 aromatic rings. The molecule has 0 atom stereocenters. The van der Waals surface area contributed by atoms with Crippen molar-refractivity contribution >= 4 is 5.91 Å². The number of halogens is 2. The summed E-state index contributed by atoms with van der Waals surface area (Å²) in [5, 5.41) is 5.23. The van der Waals surface area contributed by atoms with Gasteiger partial charge in [-0.15, -0.1) is 0 Å². The van der Waals surface area contributed by atoms with Gasteiger partial charge in [0.15, 0.2) is 11.6 Å². The topological polar surface area (TPSA) is 41.1 Å². The number of amides is 1. The number of hydrogen-bond acceptors (Lipinski definition) is 2. The minimum atomic E-state index is -0.880. The lowest BCUT2D eigenvalue weighted by atomic mass is 10.2. The third-order valence-electron chi connectivity index (χ3n) is 1.88. The van der Waals surface area contributed by atoms with Crippen molar-refractivity contribution in [3.05, 3.63) is 35.4 Å². The molecule has 0 unspecified atom stereocenters. The molecule has 82 valence electrons. The molecule has 1 aromatic carbocycles. The van der Waals surface area contributed by atoms with Crippen LogP contribution in [-0.2, 0) is 11.3 Å². The van der Waals surface area contributed by atoms with Crippen LogP contribution in [0.1, 0.15) is 5.56 Å². The number of likely N-dealkylation sites (N-methyl/N-ethyl adjacent to an activating group) is 1. The van der Waals surface area contributed by atoms with Gasteiger partial charge in [0.05, 0.1) is 6.54 Å². The van der Waals surface area contributed by atoms with E-state index in [1.165, 1.54) is 13.1 Å². The molecular formula is C10H12F2N2O. The van der Waals surface area contributed by atoms with Crippen LogP contribution < -0.4 is 10.6 Å². The van der Waals surface area contributed by atoms with E-state index in [1.807, 2.05) is 0 Å². The molecule has 0 saturated carbocycles. The first-order chi connectivity index (χ1) is 7.13. The Balaban J connectivity index is 2.44. The van der Waals surface area contributed by atoms with Gasteiger partial charge in [0.2, 0.25) is 5.91 Å². The minimum Gasteiger partial charge on any atom is -0.358 e. The van der Waals surface area contributed by atoms with E-state index in [0.717, 1.165) is 12.1 Å². The molecule has 0 heterocycles. The Labute approximate surface area is 86.5 Å². The largest absolute Gasteiger partial charge is 0.358 e. The number of benzene rings is 1. The second-order valence-corrected chi connectivity index (χ2v) is 3.03. The fourth-order valence-corrected chi connectivity index (χ4v) is 1.06. The molecule has 0 aliphatic heterocycles. The van der Waals surface area contributed by atoms with E-state index in [1.54, 1.807) is 0 Å². The van der Waals surface area contributed by atoms with Gasteiger partial charge in [0.25, 0.3) is 0 Å². The van der Waals surface area contributed by atoms with Crippen LogP contribution >= 0.6 is 0 Å². The van der Waals surface area contributed by atoms with E-state index in [0.29, 0.717) is 12.1 Å². The Morgan fingerprint density at radius 3 is 2.67 bits per heavy atom. The molecule has 15 heavy (non-hydrogen) atoms. The van der Waals surface area contributed by atoms with Gasteiger partial charge in [-0.05, 0) is 17.7 Å². The van der Waals surface area contributed by atoms with Gasteiger partial charge in [-0.3, -0.25) is 4.79 Å². The molecule has 0 aliphatic rings. The molecule has 2 N–H and O–H groups in total. The van der Waals surface area contributed by atoms with Gasteiger partial charge in [-0.25, -0.2) is 8.78 Å². The normalized spacial score (nSPS) is 10.1. The number of nitrogens with one attached hydrogen (secondary N) is 2. The highest BCUT2D eigenvalue weighted by atomic mass is 19.2. The van der Waals surface area contributed by atoms with Crippen molar-refractivity contribution < 1.29 is 13.6 Å². The maximum Gasteiger partial charge on any atom is 0.233 e. The number of hydrogen-bond donors (Lipinski definition) is 2. The molecule has 0 saturated heterocycles. The quantitative estimate of drug-likeness (QED) is 0.778. The lowest BCUT2D eigenvalue weighted by molar-refractivity contribution is -0.119. The van der Waals surface area contributed by atoms with E-state index < -0.39 is 11.6 Å². The Bertz CT molecular complexity index is 355. The maximum atomic E-state index is 12.7. The summed E-state index contributed by atoms with van der Waals surface area (Å²) in [6, 6.07) is 3.63. The van der Waals surface area contributed by atoms with Crippen LogP contribution in [0.2, 0.25) is 0 Å². The number of carbonyl (C=O) groups excluding carboxylic acids is 1. The zero-order chi connectivity index (χ0) is 11.3. The van der Waals surface area contributed by atoms with Crippen molar-refractivity contribution in [1.29, 1.82) is 0 Å². The van der Waals surface area contributed by atoms with Crippen molar-refractivity contribution in [2.24, 2.45) is 0 Å². The third-order valence-corrected chi connectivity index (χ3v) is 1.88. The number of rotatable bonds is 4. The standard InChI is InChI=1S/C10H12F2N2O/c1-13-10(15)6-14-5-7-2-3-8(11)9(12)4-7/h2-4,14H,5-6H2,1H3,(H,13,15). The predicted octanol–water partition coefficient (Wildman–Crippen LogP) is 0.800. The Morgan fingerprint density at radius 1 is 1.33 bits per heavy atom. The molecule has 1 rings (SSSR count). The molecule has 0 bridgehead atoms. The average Bonchev–Trinajstić information content (AvgIpc) is 2.23. The second kappa shape index (κ2) is 5.41. The van der Waals surface area contributed by atoms with Gasteiger partial charge in [-0.2, -0.15) is 0 Å². The summed E-state index contributed by atoms with van der Waals surface area (Å²) < 4.78 is 25.3. The maximum absolute atomic E-state index is 12.7. The summed E-state index contributed by atoms with van der Waals surface area (Å²) >= 11 is 0. The van der Waals surface area contributed by atoms with Gasteiger partial charge in [0.1, 0.15) is 0 Å². The first-order valence-corrected chi connectivity index (χ1v) is 4.48. The minimum absolute atomic E-state index is 0.148. The SMILES string of the molecule is CNC(=O)CNCc1ccc(F)c(F)c1. The fraction of sp³-hybridized carbons (Fsp3) is 0.300. The van der Waals surface area contributed by atoms with Crippen LogP contribution in [0.4, 0.5) is 8.78 Å². The number of carbonyl (C=O) groups is 1. The monoisotopic (exact) mass is 214 g/mol. The van der Waals surface area contributed by atoms with Crippen molar-refractivity contribution in [2.45, 2.75) is 6.54 Å². The molecule has 3 nitrogen and oxygen atoms in total. The average molecular weight is 214 g/mol. The van der Waals surface area contributed by atoms with Crippen molar-refractivity contribution in [2.75, 3.05) is 13.6 Å². The van der Waals surface area contributed by atoms with Crippen LogP contribution in [0.15, 0.2) is 18.2 Å². The first kappa shape index (κ1) is 11.6. The van der Waals surface area contributed by atoms with E-state index >= 15 is 0 Å². The predicted molar refractivity (Wildman–Crippen MR) is 52.1 cm³/mol. The highest BCUT2D eigenvalue weighted by Gasteiger charge is 2.02. The lowest BCUT2D eigenvalue weighted by Gasteiger charge is -2.04. The van der Waals surface area contributed by atoms with Gasteiger partial charge >= 0.3 is 0 Å². The van der Waals surface area contributed by atoms with E-state index in [-0.39, 0.29) is 12.5 Å². The Morgan fingerprint density at radius 2 is 2.07 bits per heavy atom. The zero-order valence-corrected chi connectivity index (χ0v) is 8.31. The lowest BCUT2D eigenvalue weighted by Crippen LogP contribution is -2.30. The van der Waals surface area contributed by atoms with Crippen LogP contribution in [0, 0.1) is 11.6 Å². The van der Waals surface area contributed by atoms with Gasteiger partial charge < -0.3 is 10.6 Å². The second-order valence-electron chi connectivity index (χ2n) is 3.03. The third kappa shape index (κ3) is 3.63. The highest BCUT2D eigenvalue weighted by molar-refractivity contribution is 5.77. The molecule has 0 aliphatic carbocycles. The summed E-state index contributed by atoms with van der Waals surface area (Å²) in [7, 11) is 1.53. The molecule has 0 aromatic heterocycles. The van der Waals surface area contributed by atoms with E-state index in [2.05, 4.69) is 10.6 Å². The van der Waals surface area contributed by atoms with Crippen molar-refractivity contribution in [3.8, 4) is 0 Å². The molecule has 5 heteroatoms. The van der Waals surface area contributed by atoms with Crippen LogP contribution in [0.25, 0.3) is 0 Å². The van der Waals surface area contributed by atoms with E-state index in [9.17, 15) is 13.6 Å².